The second-order valence-corrected chi connectivity index (χ2v) is 8.29. The van der Waals surface area contributed by atoms with Crippen molar-refractivity contribution in [1.29, 1.82) is 0 Å². The molecular formula is C20H20N2O4S. The van der Waals surface area contributed by atoms with Crippen molar-refractivity contribution >= 4 is 10.0 Å². The molecule has 0 bridgehead atoms. The van der Waals surface area contributed by atoms with Crippen molar-refractivity contribution in [3.05, 3.63) is 88.8 Å². The molecule has 2 aromatic carbocycles. The van der Waals surface area contributed by atoms with E-state index >= 15 is 0 Å². The van der Waals surface area contributed by atoms with E-state index in [9.17, 15) is 13.2 Å². The third kappa shape index (κ3) is 4.27. The number of hydrogen-bond acceptors (Lipinski definition) is 4. The van der Waals surface area contributed by atoms with Gasteiger partial charge in [0.05, 0.1) is 11.4 Å². The van der Waals surface area contributed by atoms with Gasteiger partial charge in [0.2, 0.25) is 10.0 Å². The van der Waals surface area contributed by atoms with Gasteiger partial charge in [-0.25, -0.2) is 12.7 Å². The van der Waals surface area contributed by atoms with Crippen LogP contribution in [0.25, 0.3) is 0 Å². The van der Waals surface area contributed by atoms with Gasteiger partial charge in [0, 0.05) is 31.9 Å². The number of ether oxygens (including phenoxy) is 1. The molecule has 0 unspecified atom stereocenters. The highest BCUT2D eigenvalue weighted by atomic mass is 32.2. The first kappa shape index (κ1) is 18.9. The number of para-hydroxylation sites is 2. The Labute approximate surface area is 158 Å². The van der Waals surface area contributed by atoms with Crippen molar-refractivity contribution in [1.82, 2.24) is 8.87 Å². The quantitative estimate of drug-likeness (QED) is 0.655. The number of aromatic nitrogens is 1. The van der Waals surface area contributed by atoms with Crippen LogP contribution in [0.4, 0.5) is 0 Å². The highest BCUT2D eigenvalue weighted by molar-refractivity contribution is 7.89. The number of rotatable bonds is 6. The standard InChI is InChI=1S/C20H20N2O4S/c1-21(2)27(24,25)18-12-13-20(23)22(15-18)14-16-8-6-7-11-19(16)26-17-9-4-3-5-10-17/h3-13,15H,14H2,1-2H3. The predicted molar refractivity (Wildman–Crippen MR) is 104 cm³/mol. The maximum atomic E-state index is 12.3. The summed E-state index contributed by atoms with van der Waals surface area (Å²) in [6.07, 6.45) is 1.36. The van der Waals surface area contributed by atoms with E-state index in [1.165, 1.54) is 37.0 Å². The van der Waals surface area contributed by atoms with Crippen LogP contribution in [-0.4, -0.2) is 31.4 Å². The molecule has 3 aromatic rings. The van der Waals surface area contributed by atoms with E-state index in [-0.39, 0.29) is 17.0 Å². The summed E-state index contributed by atoms with van der Waals surface area (Å²) in [6, 6.07) is 19.3. The highest BCUT2D eigenvalue weighted by Gasteiger charge is 2.18. The van der Waals surface area contributed by atoms with Gasteiger partial charge in [-0.1, -0.05) is 36.4 Å². The Morgan fingerprint density at radius 3 is 2.30 bits per heavy atom. The van der Waals surface area contributed by atoms with Crippen molar-refractivity contribution in [3.63, 3.8) is 0 Å². The lowest BCUT2D eigenvalue weighted by Crippen LogP contribution is -2.26. The molecule has 0 atom stereocenters. The highest BCUT2D eigenvalue weighted by Crippen LogP contribution is 2.25. The molecule has 0 amide bonds. The van der Waals surface area contributed by atoms with Crippen molar-refractivity contribution < 1.29 is 13.2 Å². The average molecular weight is 384 g/mol. The molecule has 0 N–H and O–H groups in total. The summed E-state index contributed by atoms with van der Waals surface area (Å²) in [4.78, 5) is 12.3. The molecule has 6 nitrogen and oxygen atoms in total. The molecule has 140 valence electrons. The molecule has 0 aliphatic heterocycles. The lowest BCUT2D eigenvalue weighted by atomic mass is 10.2. The van der Waals surface area contributed by atoms with E-state index in [1.54, 1.807) is 0 Å². The largest absolute Gasteiger partial charge is 0.457 e. The number of pyridine rings is 1. The van der Waals surface area contributed by atoms with Crippen molar-refractivity contribution in [2.24, 2.45) is 0 Å². The molecule has 0 fully saturated rings. The van der Waals surface area contributed by atoms with Crippen LogP contribution >= 0.6 is 0 Å². The summed E-state index contributed by atoms with van der Waals surface area (Å²) in [6.45, 7) is 0.193. The van der Waals surface area contributed by atoms with Gasteiger partial charge in [-0.2, -0.15) is 0 Å². The first-order chi connectivity index (χ1) is 12.9. The summed E-state index contributed by atoms with van der Waals surface area (Å²) in [5, 5.41) is 0. The van der Waals surface area contributed by atoms with Crippen LogP contribution in [0.5, 0.6) is 11.5 Å². The maximum absolute atomic E-state index is 12.3. The second-order valence-electron chi connectivity index (χ2n) is 6.14. The first-order valence-corrected chi connectivity index (χ1v) is 9.76. The zero-order chi connectivity index (χ0) is 19.4. The smallest absolute Gasteiger partial charge is 0.250 e. The van der Waals surface area contributed by atoms with Crippen molar-refractivity contribution in [2.45, 2.75) is 11.4 Å². The molecule has 27 heavy (non-hydrogen) atoms. The van der Waals surface area contributed by atoms with Crippen LogP contribution < -0.4 is 10.3 Å². The van der Waals surface area contributed by atoms with Crippen LogP contribution in [0.2, 0.25) is 0 Å². The normalized spacial score (nSPS) is 11.5. The van der Waals surface area contributed by atoms with E-state index in [1.807, 2.05) is 54.6 Å². The fourth-order valence-electron chi connectivity index (χ4n) is 2.53. The van der Waals surface area contributed by atoms with Gasteiger partial charge in [-0.15, -0.1) is 0 Å². The Morgan fingerprint density at radius 2 is 1.59 bits per heavy atom. The van der Waals surface area contributed by atoms with Crippen LogP contribution in [0, 0.1) is 0 Å². The molecule has 0 saturated heterocycles. The monoisotopic (exact) mass is 384 g/mol. The summed E-state index contributed by atoms with van der Waals surface area (Å²) in [5.41, 5.74) is 0.477. The maximum Gasteiger partial charge on any atom is 0.250 e. The van der Waals surface area contributed by atoms with Crippen LogP contribution in [-0.2, 0) is 16.6 Å². The molecule has 0 radical (unpaired) electrons. The van der Waals surface area contributed by atoms with E-state index < -0.39 is 10.0 Å². The minimum Gasteiger partial charge on any atom is -0.457 e. The molecule has 0 spiro atoms. The number of benzene rings is 2. The number of nitrogens with zero attached hydrogens (tertiary/aromatic N) is 2. The van der Waals surface area contributed by atoms with Crippen molar-refractivity contribution in [2.75, 3.05) is 14.1 Å². The fraction of sp³-hybridized carbons (Fsp3) is 0.150. The molecule has 0 saturated carbocycles. The van der Waals surface area contributed by atoms with Gasteiger partial charge in [-0.3, -0.25) is 4.79 Å². The van der Waals surface area contributed by atoms with Gasteiger partial charge in [0.15, 0.2) is 0 Å². The Bertz CT molecular complexity index is 1090. The lowest BCUT2D eigenvalue weighted by Gasteiger charge is -2.15. The summed E-state index contributed by atoms with van der Waals surface area (Å²) in [5.74, 6) is 1.29. The molecule has 3 rings (SSSR count). The Balaban J connectivity index is 1.96. The summed E-state index contributed by atoms with van der Waals surface area (Å²) in [7, 11) is -0.720. The number of sulfonamides is 1. The van der Waals surface area contributed by atoms with Gasteiger partial charge in [0.25, 0.3) is 5.56 Å². The zero-order valence-corrected chi connectivity index (χ0v) is 15.9. The third-order valence-corrected chi connectivity index (χ3v) is 5.82. The minimum absolute atomic E-state index is 0.0635. The van der Waals surface area contributed by atoms with Gasteiger partial charge in [0.1, 0.15) is 11.5 Å². The molecule has 1 heterocycles. The van der Waals surface area contributed by atoms with E-state index in [0.29, 0.717) is 11.5 Å². The average Bonchev–Trinajstić information content (AvgIpc) is 2.65. The van der Waals surface area contributed by atoms with Crippen LogP contribution in [0.1, 0.15) is 5.56 Å². The van der Waals surface area contributed by atoms with Gasteiger partial charge in [-0.05, 0) is 24.3 Å². The van der Waals surface area contributed by atoms with E-state index in [4.69, 9.17) is 4.74 Å². The Kier molecular flexibility index (Phi) is 5.43. The van der Waals surface area contributed by atoms with Crippen LogP contribution in [0.15, 0.2) is 82.6 Å². The third-order valence-electron chi connectivity index (χ3n) is 4.02. The first-order valence-electron chi connectivity index (χ1n) is 8.32. The van der Waals surface area contributed by atoms with Gasteiger partial charge < -0.3 is 9.30 Å². The lowest BCUT2D eigenvalue weighted by molar-refractivity contribution is 0.473. The SMILES string of the molecule is CN(C)S(=O)(=O)c1ccc(=O)n(Cc2ccccc2Oc2ccccc2)c1. The topological polar surface area (TPSA) is 68.6 Å². The molecule has 0 aliphatic rings. The second kappa shape index (κ2) is 7.77. The van der Waals surface area contributed by atoms with Gasteiger partial charge >= 0.3 is 0 Å². The predicted octanol–water partition coefficient (Wildman–Crippen LogP) is 2.94. The summed E-state index contributed by atoms with van der Waals surface area (Å²) >= 11 is 0. The number of hydrogen-bond donors (Lipinski definition) is 0. The van der Waals surface area contributed by atoms with Crippen molar-refractivity contribution in [3.8, 4) is 11.5 Å². The fourth-order valence-corrected chi connectivity index (χ4v) is 3.45. The Morgan fingerprint density at radius 1 is 0.926 bits per heavy atom. The molecular weight excluding hydrogens is 364 g/mol. The summed E-state index contributed by atoms with van der Waals surface area (Å²) < 4.78 is 33.1. The molecule has 1 aromatic heterocycles. The zero-order valence-electron chi connectivity index (χ0n) is 15.1. The Hall–Kier alpha value is -2.90. The molecule has 0 aliphatic carbocycles. The molecule has 7 heteroatoms. The minimum atomic E-state index is -3.62. The van der Waals surface area contributed by atoms with E-state index in [0.717, 1.165) is 9.87 Å². The van der Waals surface area contributed by atoms with E-state index in [2.05, 4.69) is 0 Å². The van der Waals surface area contributed by atoms with Crippen LogP contribution in [0.3, 0.4) is 0 Å².